The molecule has 0 aliphatic heterocycles. The van der Waals surface area contributed by atoms with Crippen molar-refractivity contribution < 1.29 is 14.9 Å². The van der Waals surface area contributed by atoms with Crippen LogP contribution in [0.25, 0.3) is 6.08 Å². The van der Waals surface area contributed by atoms with E-state index in [1.54, 1.807) is 13.0 Å². The largest absolute Gasteiger partial charge is 0.438 e. The van der Waals surface area contributed by atoms with E-state index in [9.17, 15) is 15.5 Å². The molecule has 2 bridgehead atoms. The molecule has 8 heteroatoms. The molecule has 3 N–H and O–H groups in total. The maximum atomic E-state index is 10.4. The van der Waals surface area contributed by atoms with Crippen molar-refractivity contribution >= 4 is 12.0 Å². The van der Waals surface area contributed by atoms with E-state index in [1.807, 2.05) is 32.0 Å². The van der Waals surface area contributed by atoms with Crippen LogP contribution in [0.1, 0.15) is 60.2 Å². The number of anilines is 1. The smallest absolute Gasteiger partial charge is 0.230 e. The van der Waals surface area contributed by atoms with E-state index in [4.69, 9.17) is 10.00 Å². The Morgan fingerprint density at radius 1 is 1.22 bits per heavy atom. The zero-order chi connectivity index (χ0) is 23.1. The molecule has 3 saturated carbocycles. The van der Waals surface area contributed by atoms with E-state index in [-0.39, 0.29) is 29.1 Å². The fourth-order valence-electron chi connectivity index (χ4n) is 4.91. The zero-order valence-corrected chi connectivity index (χ0v) is 18.3. The summed E-state index contributed by atoms with van der Waals surface area (Å²) in [6.07, 6.45) is 4.43. The Bertz CT molecular complexity index is 1150. The lowest BCUT2D eigenvalue weighted by Crippen LogP contribution is -2.70. The Balaban J connectivity index is 1.69. The average Bonchev–Trinajstić information content (AvgIpc) is 2.69. The van der Waals surface area contributed by atoms with Gasteiger partial charge in [0.25, 0.3) is 0 Å². The molecule has 8 nitrogen and oxygen atoms in total. The summed E-state index contributed by atoms with van der Waals surface area (Å²) in [7, 11) is 0. The van der Waals surface area contributed by atoms with Gasteiger partial charge in [-0.1, -0.05) is 0 Å². The van der Waals surface area contributed by atoms with Crippen LogP contribution >= 0.6 is 0 Å². The van der Waals surface area contributed by atoms with E-state index >= 15 is 0 Å². The molecule has 5 rings (SSSR count). The van der Waals surface area contributed by atoms with Gasteiger partial charge in [-0.3, -0.25) is 0 Å². The van der Waals surface area contributed by atoms with Crippen LogP contribution < -0.4 is 10.1 Å². The average molecular weight is 431 g/mol. The number of nitrogens with one attached hydrogen (secondary N) is 1. The van der Waals surface area contributed by atoms with Gasteiger partial charge >= 0.3 is 0 Å². The first-order chi connectivity index (χ1) is 15.2. The van der Waals surface area contributed by atoms with Crippen molar-refractivity contribution in [2.75, 3.05) is 5.32 Å². The molecule has 164 valence electrons. The summed E-state index contributed by atoms with van der Waals surface area (Å²) >= 11 is 0. The van der Waals surface area contributed by atoms with Crippen LogP contribution in [0.15, 0.2) is 18.2 Å². The summed E-state index contributed by atoms with van der Waals surface area (Å²) in [5.41, 5.74) is 2.77. The van der Waals surface area contributed by atoms with Gasteiger partial charge in [-0.05, 0) is 74.9 Å². The maximum absolute atomic E-state index is 10.4. The quantitative estimate of drug-likeness (QED) is 0.563. The SMILES string of the molecule is Cc1cc(/C=C/C#N)cc(C)c1Oc1nc(NC23CC(C#N)(C2)C3)nc(CO)c1C(C)O. The first-order valence-electron chi connectivity index (χ1n) is 10.5. The molecule has 32 heavy (non-hydrogen) atoms. The van der Waals surface area contributed by atoms with Gasteiger partial charge in [-0.2, -0.15) is 15.5 Å². The number of aliphatic hydroxyl groups is 2. The molecular formula is C24H25N5O3. The molecule has 1 heterocycles. The van der Waals surface area contributed by atoms with Crippen LogP contribution in [0.3, 0.4) is 0 Å². The number of ether oxygens (including phenoxy) is 1. The Kier molecular flexibility index (Phi) is 5.37. The predicted molar refractivity (Wildman–Crippen MR) is 117 cm³/mol. The van der Waals surface area contributed by atoms with Crippen LogP contribution in [0.5, 0.6) is 11.6 Å². The van der Waals surface area contributed by atoms with E-state index in [2.05, 4.69) is 21.4 Å². The minimum Gasteiger partial charge on any atom is -0.438 e. The van der Waals surface area contributed by atoms with Crippen molar-refractivity contribution in [2.24, 2.45) is 5.41 Å². The standard InChI is InChI=1S/C24H25N5O3/c1-14-7-17(5-4-6-25)8-15(2)20(14)32-21-19(16(3)31)18(9-30)27-22(28-21)29-24-10-23(11-24,12-24)13-26/h4-5,7-8,16,30-31H,9-12H2,1-3H3,(H,27,28,29)/b5-4+. The van der Waals surface area contributed by atoms with Crippen LogP contribution in [-0.4, -0.2) is 25.7 Å². The van der Waals surface area contributed by atoms with E-state index in [0.29, 0.717) is 17.3 Å². The van der Waals surface area contributed by atoms with Crippen molar-refractivity contribution in [1.82, 2.24) is 9.97 Å². The van der Waals surface area contributed by atoms with Gasteiger partial charge in [0.15, 0.2) is 0 Å². The predicted octanol–water partition coefficient (Wildman–Crippen LogP) is 3.83. The molecule has 0 amide bonds. The van der Waals surface area contributed by atoms with Gasteiger partial charge < -0.3 is 20.3 Å². The first-order valence-corrected chi connectivity index (χ1v) is 10.5. The molecular weight excluding hydrogens is 406 g/mol. The highest BCUT2D eigenvalue weighted by molar-refractivity contribution is 5.58. The lowest BCUT2D eigenvalue weighted by Gasteiger charge is -2.66. The number of benzene rings is 1. The number of nitriles is 2. The lowest BCUT2D eigenvalue weighted by molar-refractivity contribution is -0.0665. The van der Waals surface area contributed by atoms with Gasteiger partial charge in [-0.25, -0.2) is 4.98 Å². The maximum Gasteiger partial charge on any atom is 0.230 e. The summed E-state index contributed by atoms with van der Waals surface area (Å²) in [6.45, 7) is 4.99. The topological polar surface area (TPSA) is 135 Å². The minimum absolute atomic E-state index is 0.176. The molecule has 0 saturated heterocycles. The van der Waals surface area contributed by atoms with Gasteiger partial charge in [0.05, 0.1) is 41.5 Å². The highest BCUT2D eigenvalue weighted by Crippen LogP contribution is 2.67. The molecule has 1 aromatic heterocycles. The van der Waals surface area contributed by atoms with Crippen molar-refractivity contribution in [3.05, 3.63) is 46.2 Å². The van der Waals surface area contributed by atoms with E-state index < -0.39 is 6.10 Å². The molecule has 2 aromatic rings. The van der Waals surface area contributed by atoms with Crippen molar-refractivity contribution in [2.45, 2.75) is 58.3 Å². The number of allylic oxidation sites excluding steroid dienone is 1. The third-order valence-corrected chi connectivity index (χ3v) is 6.23. The van der Waals surface area contributed by atoms with Gasteiger partial charge in [0.1, 0.15) is 5.75 Å². The highest BCUT2D eigenvalue weighted by Gasteiger charge is 2.69. The third-order valence-electron chi connectivity index (χ3n) is 6.23. The molecule has 0 spiro atoms. The Morgan fingerprint density at radius 2 is 1.88 bits per heavy atom. The first kappa shape index (κ1) is 21.8. The summed E-state index contributed by atoms with van der Waals surface area (Å²) in [5, 5.41) is 41.6. The van der Waals surface area contributed by atoms with Crippen LogP contribution in [0, 0.1) is 41.9 Å². The second kappa shape index (κ2) is 7.90. The molecule has 3 aliphatic carbocycles. The second-order valence-corrected chi connectivity index (χ2v) is 8.92. The molecule has 1 unspecified atom stereocenters. The highest BCUT2D eigenvalue weighted by atomic mass is 16.5. The van der Waals surface area contributed by atoms with Gasteiger partial charge in [0.2, 0.25) is 11.8 Å². The normalized spacial score (nSPS) is 24.1. The number of rotatable bonds is 7. The number of aryl methyl sites for hydroxylation is 2. The summed E-state index contributed by atoms with van der Waals surface area (Å²) in [4.78, 5) is 8.95. The number of nitrogens with zero attached hydrogens (tertiary/aromatic N) is 4. The van der Waals surface area contributed by atoms with Gasteiger partial charge in [0, 0.05) is 11.6 Å². The van der Waals surface area contributed by atoms with Crippen molar-refractivity contribution in [3.8, 4) is 23.8 Å². The Morgan fingerprint density at radius 3 is 2.41 bits per heavy atom. The third kappa shape index (κ3) is 3.69. The fraction of sp³-hybridized carbons (Fsp3) is 0.417. The number of hydrogen-bond acceptors (Lipinski definition) is 8. The summed E-state index contributed by atoms with van der Waals surface area (Å²) in [6, 6.07) is 8.15. The number of aliphatic hydroxyl groups excluding tert-OH is 2. The van der Waals surface area contributed by atoms with Crippen molar-refractivity contribution in [1.29, 1.82) is 10.5 Å². The monoisotopic (exact) mass is 431 g/mol. The minimum atomic E-state index is -0.948. The Labute approximate surface area is 186 Å². The van der Waals surface area contributed by atoms with Crippen LogP contribution in [0.2, 0.25) is 0 Å². The summed E-state index contributed by atoms with van der Waals surface area (Å²) < 4.78 is 6.19. The number of hydrogen-bond donors (Lipinski definition) is 3. The van der Waals surface area contributed by atoms with Gasteiger partial charge in [-0.15, -0.1) is 0 Å². The molecule has 3 aliphatic rings. The second-order valence-electron chi connectivity index (χ2n) is 8.92. The molecule has 1 atom stereocenters. The fourth-order valence-corrected chi connectivity index (χ4v) is 4.91. The zero-order valence-electron chi connectivity index (χ0n) is 18.3. The number of aromatic nitrogens is 2. The van der Waals surface area contributed by atoms with Crippen LogP contribution in [-0.2, 0) is 6.61 Å². The van der Waals surface area contributed by atoms with Crippen LogP contribution in [0.4, 0.5) is 5.95 Å². The molecule has 1 aromatic carbocycles. The lowest BCUT2D eigenvalue weighted by atomic mass is 9.40. The van der Waals surface area contributed by atoms with E-state index in [0.717, 1.165) is 36.0 Å². The molecule has 3 fully saturated rings. The molecule has 0 radical (unpaired) electrons. The Hall–Kier alpha value is -3.46. The summed E-state index contributed by atoms with van der Waals surface area (Å²) in [5.74, 6) is 1.07. The van der Waals surface area contributed by atoms with E-state index in [1.165, 1.54) is 6.08 Å². The van der Waals surface area contributed by atoms with Crippen molar-refractivity contribution in [3.63, 3.8) is 0 Å².